The summed E-state index contributed by atoms with van der Waals surface area (Å²) in [4.78, 5) is 3.42. The standard InChI is InChI=1S/C10H14F3N3O/c11-10(12,13)9-15-8(16-17-9)7-3-1-6(5-14)2-4-7/h6-7H,1-5,14H2. The number of halogens is 3. The molecule has 17 heavy (non-hydrogen) atoms. The van der Waals surface area contributed by atoms with Crippen LogP contribution in [-0.2, 0) is 6.18 Å². The van der Waals surface area contributed by atoms with Crippen LogP contribution in [0.5, 0.6) is 0 Å². The van der Waals surface area contributed by atoms with Gasteiger partial charge in [-0.3, -0.25) is 0 Å². The molecule has 0 bridgehead atoms. The molecule has 7 heteroatoms. The van der Waals surface area contributed by atoms with E-state index in [1.807, 2.05) is 0 Å². The number of nitrogens with two attached hydrogens (primary N) is 1. The van der Waals surface area contributed by atoms with E-state index in [0.29, 0.717) is 12.5 Å². The highest BCUT2D eigenvalue weighted by atomic mass is 19.4. The lowest BCUT2D eigenvalue weighted by Gasteiger charge is -2.25. The Bertz CT molecular complexity index is 369. The Kier molecular flexibility index (Phi) is 3.37. The van der Waals surface area contributed by atoms with Crippen molar-refractivity contribution in [2.75, 3.05) is 6.54 Å². The van der Waals surface area contributed by atoms with E-state index in [1.54, 1.807) is 0 Å². The van der Waals surface area contributed by atoms with Crippen molar-refractivity contribution >= 4 is 0 Å². The van der Waals surface area contributed by atoms with Crippen molar-refractivity contribution in [3.63, 3.8) is 0 Å². The van der Waals surface area contributed by atoms with E-state index in [4.69, 9.17) is 5.73 Å². The Morgan fingerprint density at radius 2 is 1.88 bits per heavy atom. The van der Waals surface area contributed by atoms with Gasteiger partial charge in [0, 0.05) is 5.92 Å². The molecule has 2 N–H and O–H groups in total. The van der Waals surface area contributed by atoms with Crippen LogP contribution in [0.4, 0.5) is 13.2 Å². The number of alkyl halides is 3. The average Bonchev–Trinajstić information content (AvgIpc) is 2.78. The van der Waals surface area contributed by atoms with Gasteiger partial charge in [-0.25, -0.2) is 0 Å². The summed E-state index contributed by atoms with van der Waals surface area (Å²) in [6, 6.07) is 0. The van der Waals surface area contributed by atoms with Gasteiger partial charge in [0.1, 0.15) is 0 Å². The highest BCUT2D eigenvalue weighted by Gasteiger charge is 2.39. The van der Waals surface area contributed by atoms with Crippen LogP contribution in [0.1, 0.15) is 43.3 Å². The number of hydrogen-bond donors (Lipinski definition) is 1. The van der Waals surface area contributed by atoms with Crippen LogP contribution in [0.25, 0.3) is 0 Å². The van der Waals surface area contributed by atoms with Crippen LogP contribution >= 0.6 is 0 Å². The molecular formula is C10H14F3N3O. The molecule has 1 aliphatic carbocycles. The van der Waals surface area contributed by atoms with Crippen LogP contribution in [0.3, 0.4) is 0 Å². The fraction of sp³-hybridized carbons (Fsp3) is 0.800. The third-order valence-corrected chi connectivity index (χ3v) is 3.23. The Hall–Kier alpha value is -1.11. The van der Waals surface area contributed by atoms with Gasteiger partial charge < -0.3 is 10.3 Å². The van der Waals surface area contributed by atoms with Gasteiger partial charge in [-0.15, -0.1) is 0 Å². The smallest absolute Gasteiger partial charge is 0.330 e. The van der Waals surface area contributed by atoms with Crippen molar-refractivity contribution in [2.45, 2.75) is 37.8 Å². The third kappa shape index (κ3) is 2.77. The molecule has 96 valence electrons. The lowest BCUT2D eigenvalue weighted by atomic mass is 9.82. The van der Waals surface area contributed by atoms with Crippen molar-refractivity contribution < 1.29 is 17.7 Å². The van der Waals surface area contributed by atoms with Crippen molar-refractivity contribution in [2.24, 2.45) is 11.7 Å². The van der Waals surface area contributed by atoms with Gasteiger partial charge in [0.25, 0.3) is 0 Å². The lowest BCUT2D eigenvalue weighted by Crippen LogP contribution is -2.21. The Morgan fingerprint density at radius 3 is 2.35 bits per heavy atom. The number of aromatic nitrogens is 2. The van der Waals surface area contributed by atoms with E-state index < -0.39 is 12.1 Å². The summed E-state index contributed by atoms with van der Waals surface area (Å²) < 4.78 is 41.0. The van der Waals surface area contributed by atoms with Gasteiger partial charge in [0.05, 0.1) is 0 Å². The maximum Gasteiger partial charge on any atom is 0.471 e. The SMILES string of the molecule is NCC1CCC(c2noc(C(F)(F)F)n2)CC1. The maximum atomic E-state index is 12.3. The lowest BCUT2D eigenvalue weighted by molar-refractivity contribution is -0.159. The first-order valence-electron chi connectivity index (χ1n) is 5.61. The van der Waals surface area contributed by atoms with Crippen molar-refractivity contribution in [1.29, 1.82) is 0 Å². The zero-order valence-electron chi connectivity index (χ0n) is 9.20. The largest absolute Gasteiger partial charge is 0.471 e. The van der Waals surface area contributed by atoms with Gasteiger partial charge in [-0.2, -0.15) is 18.2 Å². The van der Waals surface area contributed by atoms with Gasteiger partial charge in [-0.05, 0) is 38.1 Å². The molecule has 4 nitrogen and oxygen atoms in total. The molecule has 1 heterocycles. The molecule has 1 aromatic heterocycles. The topological polar surface area (TPSA) is 64.9 Å². The quantitative estimate of drug-likeness (QED) is 0.873. The van der Waals surface area contributed by atoms with Crippen LogP contribution < -0.4 is 5.73 Å². The second-order valence-electron chi connectivity index (χ2n) is 4.41. The molecule has 1 aromatic rings. The van der Waals surface area contributed by atoms with E-state index >= 15 is 0 Å². The molecule has 0 unspecified atom stereocenters. The van der Waals surface area contributed by atoms with E-state index in [9.17, 15) is 13.2 Å². The fourth-order valence-corrected chi connectivity index (χ4v) is 2.17. The Labute approximate surface area is 96.4 Å². The Morgan fingerprint density at radius 1 is 1.24 bits per heavy atom. The summed E-state index contributed by atoms with van der Waals surface area (Å²) in [5.74, 6) is -0.640. The molecule has 0 aliphatic heterocycles. The summed E-state index contributed by atoms with van der Waals surface area (Å²) in [5, 5.41) is 3.42. The monoisotopic (exact) mass is 249 g/mol. The molecule has 1 saturated carbocycles. The van der Waals surface area contributed by atoms with Crippen LogP contribution in [0, 0.1) is 5.92 Å². The second kappa shape index (κ2) is 4.64. The molecule has 0 saturated heterocycles. The molecule has 0 radical (unpaired) electrons. The van der Waals surface area contributed by atoms with Crippen LogP contribution in [-0.4, -0.2) is 16.7 Å². The maximum absolute atomic E-state index is 12.3. The summed E-state index contributed by atoms with van der Waals surface area (Å²) in [6.07, 6.45) is -1.18. The highest BCUT2D eigenvalue weighted by Crippen LogP contribution is 2.35. The molecule has 2 rings (SSSR count). The van der Waals surface area contributed by atoms with E-state index in [-0.39, 0.29) is 11.7 Å². The number of rotatable bonds is 2. The fourth-order valence-electron chi connectivity index (χ4n) is 2.17. The summed E-state index contributed by atoms with van der Waals surface area (Å²) >= 11 is 0. The Balaban J connectivity index is 2.02. The van der Waals surface area contributed by atoms with Crippen molar-refractivity contribution in [1.82, 2.24) is 10.1 Å². The first-order valence-corrected chi connectivity index (χ1v) is 5.61. The van der Waals surface area contributed by atoms with E-state index in [0.717, 1.165) is 25.7 Å². The molecular weight excluding hydrogens is 235 g/mol. The minimum atomic E-state index is -4.56. The predicted octanol–water partition coefficient (Wildman–Crippen LogP) is 2.32. The molecule has 0 amide bonds. The molecule has 1 aliphatic rings. The average molecular weight is 249 g/mol. The molecule has 0 atom stereocenters. The van der Waals surface area contributed by atoms with Crippen molar-refractivity contribution in [3.8, 4) is 0 Å². The van der Waals surface area contributed by atoms with E-state index in [2.05, 4.69) is 14.7 Å². The zero-order chi connectivity index (χ0) is 12.5. The normalized spacial score (nSPS) is 26.1. The van der Waals surface area contributed by atoms with Crippen LogP contribution in [0.2, 0.25) is 0 Å². The summed E-state index contributed by atoms with van der Waals surface area (Å²) in [7, 11) is 0. The minimum Gasteiger partial charge on any atom is -0.330 e. The molecule has 0 aromatic carbocycles. The zero-order valence-corrected chi connectivity index (χ0v) is 9.20. The van der Waals surface area contributed by atoms with Gasteiger partial charge >= 0.3 is 12.1 Å². The third-order valence-electron chi connectivity index (χ3n) is 3.23. The second-order valence-corrected chi connectivity index (χ2v) is 4.41. The minimum absolute atomic E-state index is 0.0300. The summed E-state index contributed by atoms with van der Waals surface area (Å²) in [6.45, 7) is 0.632. The van der Waals surface area contributed by atoms with Gasteiger partial charge in [-0.1, -0.05) is 5.16 Å². The predicted molar refractivity (Wildman–Crippen MR) is 53.1 cm³/mol. The van der Waals surface area contributed by atoms with Crippen molar-refractivity contribution in [3.05, 3.63) is 11.7 Å². The van der Waals surface area contributed by atoms with E-state index in [1.165, 1.54) is 0 Å². The van der Waals surface area contributed by atoms with Crippen LogP contribution in [0.15, 0.2) is 4.52 Å². The highest BCUT2D eigenvalue weighted by molar-refractivity contribution is 4.99. The van der Waals surface area contributed by atoms with Gasteiger partial charge in [0.2, 0.25) is 0 Å². The van der Waals surface area contributed by atoms with Gasteiger partial charge in [0.15, 0.2) is 5.82 Å². The molecule has 1 fully saturated rings. The number of nitrogens with zero attached hydrogens (tertiary/aromatic N) is 2. The first-order chi connectivity index (χ1) is 8.00. The summed E-state index contributed by atoms with van der Waals surface area (Å²) in [5.41, 5.74) is 5.55. The molecule has 0 spiro atoms. The number of hydrogen-bond acceptors (Lipinski definition) is 4. The first kappa shape index (κ1) is 12.3.